The first kappa shape index (κ1) is 14.4. The molecular formula is C12H15NO4S. The molecular weight excluding hydrogens is 254 g/mol. The van der Waals surface area contributed by atoms with Gasteiger partial charge in [-0.25, -0.2) is 4.79 Å². The van der Waals surface area contributed by atoms with Gasteiger partial charge in [0.1, 0.15) is 11.3 Å². The van der Waals surface area contributed by atoms with Gasteiger partial charge in [-0.2, -0.15) is 11.8 Å². The van der Waals surface area contributed by atoms with Crippen molar-refractivity contribution in [2.75, 3.05) is 18.1 Å². The Bertz CT molecular complexity index is 427. The Hall–Kier alpha value is -1.69. The van der Waals surface area contributed by atoms with Gasteiger partial charge >= 0.3 is 5.97 Å². The van der Waals surface area contributed by atoms with Crippen LogP contribution in [0.4, 0.5) is 0 Å². The summed E-state index contributed by atoms with van der Waals surface area (Å²) in [5.74, 6) is 0.484. The zero-order chi connectivity index (χ0) is 13.4. The first-order valence-electron chi connectivity index (χ1n) is 5.40. The maximum absolute atomic E-state index is 11.5. The number of rotatable bonds is 8. The molecule has 1 heterocycles. The molecule has 1 rings (SSSR count). The SMILES string of the molecule is C=CCSCCNC(=O)Cc1occc1C(=O)O. The van der Waals surface area contributed by atoms with Crippen molar-refractivity contribution in [1.82, 2.24) is 5.32 Å². The lowest BCUT2D eigenvalue weighted by molar-refractivity contribution is -0.120. The van der Waals surface area contributed by atoms with E-state index in [-0.39, 0.29) is 23.7 Å². The summed E-state index contributed by atoms with van der Waals surface area (Å²) in [6.45, 7) is 4.14. The first-order chi connectivity index (χ1) is 8.65. The van der Waals surface area contributed by atoms with E-state index in [4.69, 9.17) is 9.52 Å². The zero-order valence-corrected chi connectivity index (χ0v) is 10.7. The number of carbonyl (C=O) groups is 2. The van der Waals surface area contributed by atoms with Crippen LogP contribution in [0.2, 0.25) is 0 Å². The summed E-state index contributed by atoms with van der Waals surface area (Å²) in [7, 11) is 0. The summed E-state index contributed by atoms with van der Waals surface area (Å²) in [5, 5.41) is 11.5. The summed E-state index contributed by atoms with van der Waals surface area (Å²) >= 11 is 1.66. The fraction of sp³-hybridized carbons (Fsp3) is 0.333. The summed E-state index contributed by atoms with van der Waals surface area (Å²) in [4.78, 5) is 22.3. The second-order valence-electron chi connectivity index (χ2n) is 3.45. The molecule has 0 saturated heterocycles. The minimum absolute atomic E-state index is 0.0335. The molecule has 98 valence electrons. The Morgan fingerprint density at radius 1 is 1.56 bits per heavy atom. The van der Waals surface area contributed by atoms with Gasteiger partial charge in [-0.05, 0) is 6.07 Å². The van der Waals surface area contributed by atoms with Gasteiger partial charge in [0.2, 0.25) is 5.91 Å². The molecule has 0 bridgehead atoms. The number of amides is 1. The highest BCUT2D eigenvalue weighted by Gasteiger charge is 2.15. The second-order valence-corrected chi connectivity index (χ2v) is 4.60. The number of nitrogens with one attached hydrogen (secondary N) is 1. The van der Waals surface area contributed by atoms with Crippen LogP contribution < -0.4 is 5.32 Å². The van der Waals surface area contributed by atoms with Gasteiger partial charge < -0.3 is 14.8 Å². The highest BCUT2D eigenvalue weighted by molar-refractivity contribution is 7.99. The molecule has 0 spiro atoms. The second kappa shape index (κ2) is 7.60. The molecule has 6 heteroatoms. The van der Waals surface area contributed by atoms with E-state index in [9.17, 15) is 9.59 Å². The third-order valence-electron chi connectivity index (χ3n) is 2.10. The topological polar surface area (TPSA) is 79.5 Å². The van der Waals surface area contributed by atoms with Crippen LogP contribution in [0.25, 0.3) is 0 Å². The van der Waals surface area contributed by atoms with Crippen molar-refractivity contribution in [2.24, 2.45) is 0 Å². The normalized spacial score (nSPS) is 10.0. The summed E-state index contributed by atoms with van der Waals surface area (Å²) in [6, 6.07) is 1.34. The molecule has 0 atom stereocenters. The number of carbonyl (C=O) groups excluding carboxylic acids is 1. The Kier molecular flexibility index (Phi) is 6.07. The number of aromatic carboxylic acids is 1. The summed E-state index contributed by atoms with van der Waals surface area (Å²) in [5.41, 5.74) is 0.0335. The van der Waals surface area contributed by atoms with Crippen molar-refractivity contribution < 1.29 is 19.1 Å². The van der Waals surface area contributed by atoms with Crippen molar-refractivity contribution in [1.29, 1.82) is 0 Å². The van der Waals surface area contributed by atoms with Crippen LogP contribution in [-0.2, 0) is 11.2 Å². The van der Waals surface area contributed by atoms with E-state index in [1.807, 2.05) is 0 Å². The summed E-state index contributed by atoms with van der Waals surface area (Å²) < 4.78 is 4.98. The largest absolute Gasteiger partial charge is 0.478 e. The predicted molar refractivity (Wildman–Crippen MR) is 69.9 cm³/mol. The number of carboxylic acid groups (broad SMARTS) is 1. The van der Waals surface area contributed by atoms with Gasteiger partial charge in [0.25, 0.3) is 0 Å². The molecule has 0 radical (unpaired) electrons. The van der Waals surface area contributed by atoms with E-state index in [1.165, 1.54) is 12.3 Å². The van der Waals surface area contributed by atoms with Crippen LogP contribution in [0.1, 0.15) is 16.1 Å². The fourth-order valence-corrected chi connectivity index (χ4v) is 1.89. The van der Waals surface area contributed by atoms with Gasteiger partial charge in [-0.3, -0.25) is 4.79 Å². The third-order valence-corrected chi connectivity index (χ3v) is 3.07. The Balaban J connectivity index is 2.33. The minimum atomic E-state index is -1.09. The lowest BCUT2D eigenvalue weighted by Crippen LogP contribution is -2.27. The maximum atomic E-state index is 11.5. The number of thioether (sulfide) groups is 1. The van der Waals surface area contributed by atoms with Crippen molar-refractivity contribution in [2.45, 2.75) is 6.42 Å². The van der Waals surface area contributed by atoms with Gasteiger partial charge in [0.15, 0.2) is 0 Å². The molecule has 2 N–H and O–H groups in total. The maximum Gasteiger partial charge on any atom is 0.339 e. The standard InChI is InChI=1S/C12H15NO4S/c1-2-6-18-7-4-13-11(14)8-10-9(12(15)16)3-5-17-10/h2-3,5H,1,4,6-8H2,(H,13,14)(H,15,16). The molecule has 0 aliphatic rings. The van der Waals surface area contributed by atoms with Crippen molar-refractivity contribution in [3.05, 3.63) is 36.3 Å². The zero-order valence-electron chi connectivity index (χ0n) is 9.85. The van der Waals surface area contributed by atoms with E-state index in [0.29, 0.717) is 6.54 Å². The number of hydrogen-bond acceptors (Lipinski definition) is 4. The smallest absolute Gasteiger partial charge is 0.339 e. The van der Waals surface area contributed by atoms with Gasteiger partial charge in [0.05, 0.1) is 12.7 Å². The van der Waals surface area contributed by atoms with Gasteiger partial charge in [0, 0.05) is 18.1 Å². The highest BCUT2D eigenvalue weighted by Crippen LogP contribution is 2.11. The molecule has 0 aliphatic carbocycles. The Labute approximate surface area is 109 Å². The van der Waals surface area contributed by atoms with Gasteiger partial charge in [-0.15, -0.1) is 6.58 Å². The fourth-order valence-electron chi connectivity index (χ4n) is 1.31. The molecule has 0 fully saturated rings. The highest BCUT2D eigenvalue weighted by atomic mass is 32.2. The molecule has 1 amide bonds. The van der Waals surface area contributed by atoms with E-state index < -0.39 is 5.97 Å². The molecule has 0 saturated carbocycles. The van der Waals surface area contributed by atoms with E-state index in [2.05, 4.69) is 11.9 Å². The van der Waals surface area contributed by atoms with Crippen LogP contribution in [0.15, 0.2) is 29.4 Å². The molecule has 1 aromatic heterocycles. The van der Waals surface area contributed by atoms with Crippen molar-refractivity contribution >= 4 is 23.6 Å². The van der Waals surface area contributed by atoms with Crippen LogP contribution in [0.5, 0.6) is 0 Å². The average Bonchev–Trinajstić information content (AvgIpc) is 2.77. The average molecular weight is 269 g/mol. The van der Waals surface area contributed by atoms with E-state index >= 15 is 0 Å². The van der Waals surface area contributed by atoms with Crippen molar-refractivity contribution in [3.8, 4) is 0 Å². The first-order valence-corrected chi connectivity index (χ1v) is 6.55. The molecule has 0 aliphatic heterocycles. The molecule has 5 nitrogen and oxygen atoms in total. The Morgan fingerprint density at radius 3 is 3.00 bits per heavy atom. The van der Waals surface area contributed by atoms with E-state index in [1.54, 1.807) is 17.8 Å². The lowest BCUT2D eigenvalue weighted by atomic mass is 10.2. The van der Waals surface area contributed by atoms with Crippen LogP contribution in [0.3, 0.4) is 0 Å². The number of furan rings is 1. The summed E-state index contributed by atoms with van der Waals surface area (Å²) in [6.07, 6.45) is 3.02. The van der Waals surface area contributed by atoms with Crippen LogP contribution >= 0.6 is 11.8 Å². The monoisotopic (exact) mass is 269 g/mol. The Morgan fingerprint density at radius 2 is 2.33 bits per heavy atom. The third kappa shape index (κ3) is 4.67. The van der Waals surface area contributed by atoms with Gasteiger partial charge in [-0.1, -0.05) is 6.08 Å². The predicted octanol–water partition coefficient (Wildman–Crippen LogP) is 1.56. The van der Waals surface area contributed by atoms with E-state index in [0.717, 1.165) is 11.5 Å². The van der Waals surface area contributed by atoms with Crippen molar-refractivity contribution in [3.63, 3.8) is 0 Å². The quantitative estimate of drug-likeness (QED) is 0.553. The molecule has 0 aromatic carbocycles. The molecule has 1 aromatic rings. The lowest BCUT2D eigenvalue weighted by Gasteiger charge is -2.03. The minimum Gasteiger partial charge on any atom is -0.478 e. The molecule has 18 heavy (non-hydrogen) atoms. The van der Waals surface area contributed by atoms with Crippen LogP contribution in [0, 0.1) is 0 Å². The number of carboxylic acids is 1. The number of hydrogen-bond donors (Lipinski definition) is 2. The molecule has 0 unspecified atom stereocenters. The van der Waals surface area contributed by atoms with Crippen LogP contribution in [-0.4, -0.2) is 35.0 Å².